The minimum absolute atomic E-state index is 0.0842. The minimum Gasteiger partial charge on any atom is -0.383 e. The van der Waals surface area contributed by atoms with Crippen LogP contribution in [0.1, 0.15) is 25.7 Å². The topological polar surface area (TPSA) is 76.0 Å². The molecule has 2 rings (SSSR count). The van der Waals surface area contributed by atoms with Gasteiger partial charge in [-0.2, -0.15) is 5.10 Å². The largest absolute Gasteiger partial charge is 0.383 e. The summed E-state index contributed by atoms with van der Waals surface area (Å²) in [6, 6.07) is 0.396. The van der Waals surface area contributed by atoms with Crippen LogP contribution in [0.5, 0.6) is 0 Å². The van der Waals surface area contributed by atoms with Crippen LogP contribution < -0.4 is 16.2 Å². The van der Waals surface area contributed by atoms with Gasteiger partial charge in [0.2, 0.25) is 5.91 Å². The second kappa shape index (κ2) is 7.27. The molecule has 0 aliphatic heterocycles. The second-order valence-corrected chi connectivity index (χ2v) is 5.70. The fraction of sp³-hybridized carbons (Fsp3) is 0.500. The summed E-state index contributed by atoms with van der Waals surface area (Å²) in [5, 5.41) is 10.0. The molecule has 21 heavy (non-hydrogen) atoms. The summed E-state index contributed by atoms with van der Waals surface area (Å²) in [4.78, 5) is 23.4. The molecule has 1 aromatic rings. The number of aromatic nitrogens is 2. The Balaban J connectivity index is 1.80. The summed E-state index contributed by atoms with van der Waals surface area (Å²) in [5.74, 6) is 2.46. The maximum Gasteiger partial charge on any atom is 0.284 e. The predicted molar refractivity (Wildman–Crippen MR) is 83.9 cm³/mol. The Morgan fingerprint density at radius 3 is 3.00 bits per heavy atom. The second-order valence-electron chi connectivity index (χ2n) is 4.91. The van der Waals surface area contributed by atoms with Crippen molar-refractivity contribution in [1.82, 2.24) is 15.1 Å². The number of rotatable bonds is 7. The molecule has 0 atom stereocenters. The van der Waals surface area contributed by atoms with Gasteiger partial charge in [0.05, 0.1) is 11.9 Å². The molecule has 0 unspecified atom stereocenters. The van der Waals surface area contributed by atoms with Crippen molar-refractivity contribution in [2.24, 2.45) is 0 Å². The van der Waals surface area contributed by atoms with Crippen molar-refractivity contribution in [3.05, 3.63) is 21.0 Å². The molecule has 1 heterocycles. The Morgan fingerprint density at radius 1 is 1.57 bits per heavy atom. The van der Waals surface area contributed by atoms with E-state index in [1.54, 1.807) is 6.20 Å². The van der Waals surface area contributed by atoms with E-state index in [1.165, 1.54) is 4.68 Å². The Bertz CT molecular complexity index is 616. The van der Waals surface area contributed by atoms with Crippen molar-refractivity contribution < 1.29 is 4.79 Å². The molecule has 1 fully saturated rings. The third-order valence-electron chi connectivity index (χ3n) is 3.06. The Morgan fingerprint density at radius 2 is 2.33 bits per heavy atom. The number of amides is 1. The van der Waals surface area contributed by atoms with E-state index >= 15 is 0 Å². The molecule has 6 nitrogen and oxygen atoms in total. The average Bonchev–Trinajstić information content (AvgIpc) is 3.26. The van der Waals surface area contributed by atoms with Gasteiger partial charge in [-0.25, -0.2) is 4.68 Å². The number of anilines is 1. The Labute approximate surface area is 131 Å². The Kier molecular flexibility index (Phi) is 5.39. The van der Waals surface area contributed by atoms with E-state index in [0.29, 0.717) is 35.6 Å². The van der Waals surface area contributed by atoms with Gasteiger partial charge >= 0.3 is 0 Å². The summed E-state index contributed by atoms with van der Waals surface area (Å²) >= 11 is 3.24. The first kappa shape index (κ1) is 15.6. The molecule has 0 radical (unpaired) electrons. The quantitative estimate of drug-likeness (QED) is 0.569. The smallest absolute Gasteiger partial charge is 0.284 e. The molecule has 2 N–H and O–H groups in total. The summed E-state index contributed by atoms with van der Waals surface area (Å²) in [6.07, 6.45) is 10.1. The summed E-state index contributed by atoms with van der Waals surface area (Å²) in [6.45, 7) is 0.732. The lowest BCUT2D eigenvalue weighted by molar-refractivity contribution is -0.121. The number of nitrogens with zero attached hydrogens (tertiary/aromatic N) is 2. The summed E-state index contributed by atoms with van der Waals surface area (Å²) in [7, 11) is 0. The van der Waals surface area contributed by atoms with Gasteiger partial charge in [-0.3, -0.25) is 9.59 Å². The van der Waals surface area contributed by atoms with Gasteiger partial charge < -0.3 is 10.6 Å². The zero-order valence-corrected chi connectivity index (χ0v) is 13.1. The number of hydrogen-bond acceptors (Lipinski definition) is 4. The first-order valence-electron chi connectivity index (χ1n) is 6.84. The van der Waals surface area contributed by atoms with Gasteiger partial charge in [0.15, 0.2) is 0 Å². The molecule has 1 aromatic heterocycles. The highest BCUT2D eigenvalue weighted by molar-refractivity contribution is 9.10. The molecule has 0 aromatic carbocycles. The van der Waals surface area contributed by atoms with Crippen molar-refractivity contribution in [1.29, 1.82) is 0 Å². The van der Waals surface area contributed by atoms with Crippen LogP contribution in [0.3, 0.4) is 0 Å². The van der Waals surface area contributed by atoms with Crippen LogP contribution in [0.25, 0.3) is 0 Å². The molecular formula is C14H17BrN4O2. The van der Waals surface area contributed by atoms with E-state index in [4.69, 9.17) is 6.42 Å². The van der Waals surface area contributed by atoms with Crippen LogP contribution in [0.15, 0.2) is 15.5 Å². The SMILES string of the molecule is C#CCn1ncc(NCCCC(=O)NC2CC2)c(Br)c1=O. The third-order valence-corrected chi connectivity index (χ3v) is 3.83. The highest BCUT2D eigenvalue weighted by Gasteiger charge is 2.22. The lowest BCUT2D eigenvalue weighted by atomic mass is 10.3. The van der Waals surface area contributed by atoms with E-state index in [9.17, 15) is 9.59 Å². The van der Waals surface area contributed by atoms with Crippen LogP contribution in [0, 0.1) is 12.3 Å². The standard InChI is InChI=1S/C14H17BrN4O2/c1-2-8-19-14(21)13(15)11(9-17-19)16-7-3-4-12(20)18-10-5-6-10/h1,9-10,16H,3-8H2,(H,18,20). The lowest BCUT2D eigenvalue weighted by Gasteiger charge is -2.09. The molecule has 1 aliphatic rings. The number of carbonyl (C=O) groups is 1. The highest BCUT2D eigenvalue weighted by atomic mass is 79.9. The predicted octanol–water partition coefficient (Wildman–Crippen LogP) is 1.11. The molecule has 112 valence electrons. The normalized spacial score (nSPS) is 13.5. The molecular weight excluding hydrogens is 336 g/mol. The maximum atomic E-state index is 11.9. The first-order chi connectivity index (χ1) is 10.1. The fourth-order valence-corrected chi connectivity index (χ4v) is 2.23. The zero-order chi connectivity index (χ0) is 15.2. The first-order valence-corrected chi connectivity index (χ1v) is 7.63. The van der Waals surface area contributed by atoms with Crippen molar-refractivity contribution in [3.63, 3.8) is 0 Å². The average molecular weight is 353 g/mol. The highest BCUT2D eigenvalue weighted by Crippen LogP contribution is 2.19. The third kappa shape index (κ3) is 4.60. The molecule has 7 heteroatoms. The van der Waals surface area contributed by atoms with Gasteiger partial charge in [0, 0.05) is 19.0 Å². The lowest BCUT2D eigenvalue weighted by Crippen LogP contribution is -2.26. The van der Waals surface area contributed by atoms with Gasteiger partial charge in [-0.15, -0.1) is 6.42 Å². The maximum absolute atomic E-state index is 11.9. The summed E-state index contributed by atoms with van der Waals surface area (Å²) in [5.41, 5.74) is 0.334. The monoisotopic (exact) mass is 352 g/mol. The van der Waals surface area contributed by atoms with Crippen molar-refractivity contribution in [3.8, 4) is 12.3 Å². The van der Waals surface area contributed by atoms with E-state index in [-0.39, 0.29) is 18.0 Å². The van der Waals surface area contributed by atoms with Crippen molar-refractivity contribution in [2.45, 2.75) is 38.3 Å². The number of carbonyl (C=O) groups excluding carboxylic acids is 1. The summed E-state index contributed by atoms with van der Waals surface area (Å²) < 4.78 is 1.61. The Hall–Kier alpha value is -1.81. The minimum atomic E-state index is -0.274. The van der Waals surface area contributed by atoms with E-state index in [0.717, 1.165) is 12.8 Å². The molecule has 1 saturated carbocycles. The van der Waals surface area contributed by atoms with E-state index in [2.05, 4.69) is 37.6 Å². The number of nitrogens with one attached hydrogen (secondary N) is 2. The molecule has 0 spiro atoms. The molecule has 0 saturated heterocycles. The van der Waals surface area contributed by atoms with Gasteiger partial charge in [-0.05, 0) is 35.2 Å². The number of halogens is 1. The van der Waals surface area contributed by atoms with Crippen LogP contribution >= 0.6 is 15.9 Å². The van der Waals surface area contributed by atoms with Gasteiger partial charge in [0.25, 0.3) is 5.56 Å². The van der Waals surface area contributed by atoms with E-state index in [1.807, 2.05) is 0 Å². The van der Waals surface area contributed by atoms with Crippen LogP contribution in [-0.2, 0) is 11.3 Å². The molecule has 0 bridgehead atoms. The number of hydrogen-bond donors (Lipinski definition) is 2. The van der Waals surface area contributed by atoms with E-state index < -0.39 is 0 Å². The molecule has 1 aliphatic carbocycles. The van der Waals surface area contributed by atoms with Crippen molar-refractivity contribution in [2.75, 3.05) is 11.9 Å². The van der Waals surface area contributed by atoms with Gasteiger partial charge in [0.1, 0.15) is 11.0 Å². The fourth-order valence-electron chi connectivity index (χ4n) is 1.79. The van der Waals surface area contributed by atoms with Crippen LogP contribution in [-0.4, -0.2) is 28.3 Å². The van der Waals surface area contributed by atoms with Crippen molar-refractivity contribution >= 4 is 27.5 Å². The van der Waals surface area contributed by atoms with Gasteiger partial charge in [-0.1, -0.05) is 5.92 Å². The molecule has 1 amide bonds. The van der Waals surface area contributed by atoms with Crippen LogP contribution in [0.4, 0.5) is 5.69 Å². The zero-order valence-electron chi connectivity index (χ0n) is 11.6. The number of terminal acetylenes is 1. The van der Waals surface area contributed by atoms with Crippen LogP contribution in [0.2, 0.25) is 0 Å².